The lowest BCUT2D eigenvalue weighted by Gasteiger charge is -2.30. The summed E-state index contributed by atoms with van der Waals surface area (Å²) in [5.41, 5.74) is 5.63. The number of likely N-dealkylation sites (tertiary alicyclic amines) is 1. The number of imidazole rings is 1. The number of carbonyl (C=O) groups excluding carboxylic acids is 2. The van der Waals surface area contributed by atoms with E-state index in [1.54, 1.807) is 22.0 Å². The highest BCUT2D eigenvalue weighted by Crippen LogP contribution is 2.19. The topological polar surface area (TPSA) is 67.2 Å². The van der Waals surface area contributed by atoms with Crippen molar-refractivity contribution >= 4 is 28.9 Å². The number of piperidine rings is 1. The average molecular weight is 374 g/mol. The van der Waals surface area contributed by atoms with Crippen LogP contribution in [0.1, 0.15) is 18.4 Å². The molecule has 1 aliphatic heterocycles. The Bertz CT molecular complexity index is 1000. The monoisotopic (exact) mass is 374 g/mol. The molecule has 0 unspecified atom stereocenters. The van der Waals surface area contributed by atoms with Crippen molar-refractivity contribution < 1.29 is 9.59 Å². The molecule has 1 N–H and O–H groups in total. The van der Waals surface area contributed by atoms with Crippen LogP contribution in [-0.2, 0) is 9.59 Å². The maximum Gasteiger partial charge on any atom is 0.246 e. The van der Waals surface area contributed by atoms with Gasteiger partial charge in [-0.2, -0.15) is 0 Å². The summed E-state index contributed by atoms with van der Waals surface area (Å²) < 4.78 is 1.66. The van der Waals surface area contributed by atoms with Gasteiger partial charge in [0.15, 0.2) is 0 Å². The molecule has 3 aromatic rings. The van der Waals surface area contributed by atoms with Gasteiger partial charge in [-0.15, -0.1) is 0 Å². The van der Waals surface area contributed by atoms with Crippen LogP contribution in [0.3, 0.4) is 0 Å². The predicted molar refractivity (Wildman–Crippen MR) is 109 cm³/mol. The Hall–Kier alpha value is -3.41. The molecule has 2 aromatic carbocycles. The number of nitrogens with zero attached hydrogens (tertiary/aromatic N) is 3. The van der Waals surface area contributed by atoms with Gasteiger partial charge in [-0.3, -0.25) is 15.0 Å². The normalized spacial score (nSPS) is 15.2. The smallest absolute Gasteiger partial charge is 0.246 e. The van der Waals surface area contributed by atoms with E-state index in [0.717, 1.165) is 16.6 Å². The Morgan fingerprint density at radius 3 is 2.50 bits per heavy atom. The maximum atomic E-state index is 12.6. The average Bonchev–Trinajstić information content (AvgIpc) is 3.16. The molecule has 1 aromatic heterocycles. The Morgan fingerprint density at radius 1 is 1.00 bits per heavy atom. The molecular weight excluding hydrogens is 352 g/mol. The molecular formula is C22H22N4O2. The third-order valence-electron chi connectivity index (χ3n) is 5.08. The first-order valence-corrected chi connectivity index (χ1v) is 9.46. The van der Waals surface area contributed by atoms with E-state index in [-0.39, 0.29) is 17.7 Å². The van der Waals surface area contributed by atoms with Gasteiger partial charge in [-0.05, 0) is 36.6 Å². The van der Waals surface area contributed by atoms with E-state index in [0.29, 0.717) is 25.9 Å². The van der Waals surface area contributed by atoms with Gasteiger partial charge in [-0.1, -0.05) is 42.5 Å². The molecule has 0 aliphatic carbocycles. The molecule has 0 bridgehead atoms. The summed E-state index contributed by atoms with van der Waals surface area (Å²) in [6, 6.07) is 17.4. The molecule has 0 atom stereocenters. The Morgan fingerprint density at radius 2 is 1.71 bits per heavy atom. The second-order valence-electron chi connectivity index (χ2n) is 6.92. The van der Waals surface area contributed by atoms with Crippen molar-refractivity contribution in [1.82, 2.24) is 14.6 Å². The SMILES string of the molecule is O=C(Nn1cnc2ccccc21)C1CCN(C(=O)C=Cc2ccccc2)CC1. The van der Waals surface area contributed by atoms with Gasteiger partial charge < -0.3 is 4.90 Å². The van der Waals surface area contributed by atoms with Gasteiger partial charge in [-0.25, -0.2) is 9.66 Å². The summed E-state index contributed by atoms with van der Waals surface area (Å²) in [7, 11) is 0. The Labute approximate surface area is 163 Å². The number of rotatable bonds is 4. The highest BCUT2D eigenvalue weighted by molar-refractivity contribution is 5.92. The number of benzene rings is 2. The minimum Gasteiger partial charge on any atom is -0.339 e. The lowest BCUT2D eigenvalue weighted by molar-refractivity contribution is -0.130. The zero-order chi connectivity index (χ0) is 19.3. The van der Waals surface area contributed by atoms with Crippen LogP contribution in [-0.4, -0.2) is 39.5 Å². The summed E-state index contributed by atoms with van der Waals surface area (Å²) in [5, 5.41) is 0. The fourth-order valence-corrected chi connectivity index (χ4v) is 3.46. The van der Waals surface area contributed by atoms with Crippen LogP contribution in [0.15, 0.2) is 67.0 Å². The fourth-order valence-electron chi connectivity index (χ4n) is 3.46. The highest BCUT2D eigenvalue weighted by atomic mass is 16.2. The molecule has 1 fully saturated rings. The van der Waals surface area contributed by atoms with Gasteiger partial charge in [0.25, 0.3) is 0 Å². The number of hydrogen-bond donors (Lipinski definition) is 1. The van der Waals surface area contributed by atoms with Gasteiger partial charge >= 0.3 is 0 Å². The number of hydrogen-bond acceptors (Lipinski definition) is 3. The summed E-state index contributed by atoms with van der Waals surface area (Å²) in [5.74, 6) is -0.151. The van der Waals surface area contributed by atoms with E-state index in [1.165, 1.54) is 0 Å². The third kappa shape index (κ3) is 3.96. The van der Waals surface area contributed by atoms with Crippen LogP contribution >= 0.6 is 0 Å². The molecule has 0 radical (unpaired) electrons. The molecule has 2 heterocycles. The highest BCUT2D eigenvalue weighted by Gasteiger charge is 2.27. The minimum atomic E-state index is -0.108. The van der Waals surface area contributed by atoms with Gasteiger partial charge in [0, 0.05) is 25.1 Å². The maximum absolute atomic E-state index is 12.6. The first-order chi connectivity index (χ1) is 13.7. The lowest BCUT2D eigenvalue weighted by Crippen LogP contribution is -2.41. The van der Waals surface area contributed by atoms with Crippen molar-refractivity contribution in [2.75, 3.05) is 18.5 Å². The zero-order valence-corrected chi connectivity index (χ0v) is 15.5. The zero-order valence-electron chi connectivity index (χ0n) is 15.5. The van der Waals surface area contributed by atoms with Crippen LogP contribution in [0.2, 0.25) is 0 Å². The first-order valence-electron chi connectivity index (χ1n) is 9.46. The quantitative estimate of drug-likeness (QED) is 0.714. The van der Waals surface area contributed by atoms with Crippen molar-refractivity contribution in [3.8, 4) is 0 Å². The van der Waals surface area contributed by atoms with E-state index < -0.39 is 0 Å². The second-order valence-corrected chi connectivity index (χ2v) is 6.92. The van der Waals surface area contributed by atoms with Crippen LogP contribution in [0.25, 0.3) is 17.1 Å². The lowest BCUT2D eigenvalue weighted by atomic mass is 9.96. The second kappa shape index (κ2) is 8.08. The summed E-state index contributed by atoms with van der Waals surface area (Å²) in [6.07, 6.45) is 6.36. The van der Waals surface area contributed by atoms with Crippen molar-refractivity contribution in [2.45, 2.75) is 12.8 Å². The number of amides is 2. The summed E-state index contributed by atoms with van der Waals surface area (Å²) >= 11 is 0. The summed E-state index contributed by atoms with van der Waals surface area (Å²) in [6.45, 7) is 1.17. The van der Waals surface area contributed by atoms with E-state index in [2.05, 4.69) is 10.4 Å². The van der Waals surface area contributed by atoms with Crippen molar-refractivity contribution in [3.63, 3.8) is 0 Å². The van der Waals surface area contributed by atoms with E-state index >= 15 is 0 Å². The number of carbonyl (C=O) groups is 2. The van der Waals surface area contributed by atoms with Crippen molar-refractivity contribution in [1.29, 1.82) is 0 Å². The molecule has 2 amide bonds. The molecule has 6 heteroatoms. The van der Waals surface area contributed by atoms with E-state index in [9.17, 15) is 9.59 Å². The molecule has 28 heavy (non-hydrogen) atoms. The van der Waals surface area contributed by atoms with Crippen LogP contribution in [0.4, 0.5) is 0 Å². The number of aromatic nitrogens is 2. The third-order valence-corrected chi connectivity index (χ3v) is 5.08. The minimum absolute atomic E-state index is 0.0108. The van der Waals surface area contributed by atoms with Crippen LogP contribution in [0.5, 0.6) is 0 Å². The summed E-state index contributed by atoms with van der Waals surface area (Å²) in [4.78, 5) is 31.1. The van der Waals surface area contributed by atoms with Crippen molar-refractivity contribution in [2.24, 2.45) is 5.92 Å². The largest absolute Gasteiger partial charge is 0.339 e. The Balaban J connectivity index is 1.31. The first kappa shape index (κ1) is 18.0. The fraction of sp³-hybridized carbons (Fsp3) is 0.227. The Kier molecular flexibility index (Phi) is 5.19. The van der Waals surface area contributed by atoms with Crippen LogP contribution in [0, 0.1) is 5.92 Å². The number of para-hydroxylation sites is 2. The van der Waals surface area contributed by atoms with E-state index in [1.807, 2.05) is 60.7 Å². The van der Waals surface area contributed by atoms with Crippen molar-refractivity contribution in [3.05, 3.63) is 72.6 Å². The molecule has 1 aliphatic rings. The number of nitrogens with one attached hydrogen (secondary N) is 1. The standard InChI is InChI=1S/C22H22N4O2/c27-21(11-10-17-6-2-1-3-7-17)25-14-12-18(13-15-25)22(28)24-26-16-23-19-8-4-5-9-20(19)26/h1-11,16,18H,12-15H2,(H,24,28). The van der Waals surface area contributed by atoms with Gasteiger partial charge in [0.05, 0.1) is 11.0 Å². The van der Waals surface area contributed by atoms with Gasteiger partial charge in [0.2, 0.25) is 11.8 Å². The molecule has 1 saturated heterocycles. The molecule has 0 saturated carbocycles. The van der Waals surface area contributed by atoms with E-state index in [4.69, 9.17) is 0 Å². The predicted octanol–water partition coefficient (Wildman–Crippen LogP) is 3.06. The van der Waals surface area contributed by atoms with Gasteiger partial charge in [0.1, 0.15) is 6.33 Å². The molecule has 0 spiro atoms. The number of fused-ring (bicyclic) bond motifs is 1. The molecule has 6 nitrogen and oxygen atoms in total. The molecule has 142 valence electrons. The molecule has 4 rings (SSSR count). The van der Waals surface area contributed by atoms with Crippen LogP contribution < -0.4 is 5.43 Å².